The lowest BCUT2D eigenvalue weighted by molar-refractivity contribution is -0.149. The predicted octanol–water partition coefficient (Wildman–Crippen LogP) is 1.98. The largest absolute Gasteiger partial charge is 0.491 e. The van der Waals surface area contributed by atoms with E-state index in [1.165, 1.54) is 7.11 Å². The van der Waals surface area contributed by atoms with E-state index in [1.54, 1.807) is 12.4 Å². The first-order chi connectivity index (χ1) is 10.2. The Morgan fingerprint density at radius 1 is 1.48 bits per heavy atom. The maximum Gasteiger partial charge on any atom is 0.312 e. The Kier molecular flexibility index (Phi) is 5.99. The summed E-state index contributed by atoms with van der Waals surface area (Å²) in [7, 11) is 1.45. The lowest BCUT2D eigenvalue weighted by atomic mass is 9.84. The van der Waals surface area contributed by atoms with E-state index in [1.807, 2.05) is 12.1 Å². The molecule has 1 unspecified atom stereocenters. The highest BCUT2D eigenvalue weighted by atomic mass is 16.5. The van der Waals surface area contributed by atoms with Gasteiger partial charge in [0.1, 0.15) is 12.4 Å². The highest BCUT2D eigenvalue weighted by Crippen LogP contribution is 2.27. The summed E-state index contributed by atoms with van der Waals surface area (Å²) in [6.45, 7) is 5.68. The van der Waals surface area contributed by atoms with Crippen molar-refractivity contribution in [2.75, 3.05) is 33.4 Å². The second-order valence-corrected chi connectivity index (χ2v) is 5.40. The van der Waals surface area contributed by atoms with Crippen molar-refractivity contribution < 1.29 is 14.3 Å². The van der Waals surface area contributed by atoms with Crippen molar-refractivity contribution in [2.24, 2.45) is 11.8 Å². The number of likely N-dealkylation sites (tertiary alicyclic amines) is 1. The fourth-order valence-corrected chi connectivity index (χ4v) is 2.84. The molecule has 116 valence electrons. The maximum absolute atomic E-state index is 12.1. The number of carbonyl (C=O) groups excluding carboxylic acids is 1. The van der Waals surface area contributed by atoms with E-state index in [2.05, 4.69) is 16.8 Å². The highest BCUT2D eigenvalue weighted by molar-refractivity contribution is 5.72. The van der Waals surface area contributed by atoms with E-state index in [9.17, 15) is 4.79 Å². The summed E-state index contributed by atoms with van der Waals surface area (Å²) >= 11 is 0. The zero-order valence-electron chi connectivity index (χ0n) is 12.8. The molecule has 1 aromatic rings. The molecule has 5 heteroatoms. The van der Waals surface area contributed by atoms with Crippen LogP contribution in [0.5, 0.6) is 5.75 Å². The van der Waals surface area contributed by atoms with Crippen LogP contribution >= 0.6 is 0 Å². The number of aromatic nitrogens is 1. The quantitative estimate of drug-likeness (QED) is 0.750. The van der Waals surface area contributed by atoms with Crippen molar-refractivity contribution in [3.05, 3.63) is 24.5 Å². The Morgan fingerprint density at radius 3 is 2.81 bits per heavy atom. The van der Waals surface area contributed by atoms with Crippen LogP contribution in [-0.2, 0) is 9.53 Å². The molecule has 0 aliphatic carbocycles. The molecule has 2 heterocycles. The molecule has 0 radical (unpaired) electrons. The number of pyridine rings is 1. The van der Waals surface area contributed by atoms with Crippen molar-refractivity contribution in [1.82, 2.24) is 9.88 Å². The summed E-state index contributed by atoms with van der Waals surface area (Å²) in [4.78, 5) is 18.5. The molecule has 0 bridgehead atoms. The Hall–Kier alpha value is -1.62. The van der Waals surface area contributed by atoms with Crippen LogP contribution in [0.4, 0.5) is 0 Å². The van der Waals surface area contributed by atoms with Gasteiger partial charge in [-0.15, -0.1) is 0 Å². The van der Waals surface area contributed by atoms with E-state index in [0.29, 0.717) is 18.3 Å². The topological polar surface area (TPSA) is 51.7 Å². The molecular formula is C16H24N2O3. The Bertz CT molecular complexity index is 430. The van der Waals surface area contributed by atoms with Gasteiger partial charge in [-0.1, -0.05) is 6.92 Å². The third kappa shape index (κ3) is 4.43. The van der Waals surface area contributed by atoms with Crippen LogP contribution in [0, 0.1) is 11.8 Å². The highest BCUT2D eigenvalue weighted by Gasteiger charge is 2.32. The molecule has 1 fully saturated rings. The van der Waals surface area contributed by atoms with Crippen molar-refractivity contribution in [2.45, 2.75) is 19.8 Å². The summed E-state index contributed by atoms with van der Waals surface area (Å²) in [5, 5.41) is 0. The van der Waals surface area contributed by atoms with E-state index in [-0.39, 0.29) is 11.9 Å². The fraction of sp³-hybridized carbons (Fsp3) is 0.625. The molecule has 2 rings (SSSR count). The average molecular weight is 292 g/mol. The number of esters is 1. The normalized spacial score (nSPS) is 18.2. The van der Waals surface area contributed by atoms with Crippen LogP contribution in [0.1, 0.15) is 19.8 Å². The molecule has 1 aliphatic heterocycles. The SMILES string of the molecule is CCN1CCC(C(COc2cccnc2)C(=O)OC)CC1. The van der Waals surface area contributed by atoms with Gasteiger partial charge >= 0.3 is 5.97 Å². The maximum atomic E-state index is 12.1. The van der Waals surface area contributed by atoms with Crippen molar-refractivity contribution >= 4 is 5.97 Å². The first kappa shape index (κ1) is 15.8. The molecule has 0 aromatic carbocycles. The van der Waals surface area contributed by atoms with Crippen LogP contribution in [0.3, 0.4) is 0 Å². The molecule has 1 aromatic heterocycles. The average Bonchev–Trinajstić information content (AvgIpc) is 2.56. The summed E-state index contributed by atoms with van der Waals surface area (Å²) in [6.07, 6.45) is 5.40. The molecule has 1 aliphatic rings. The molecular weight excluding hydrogens is 268 g/mol. The van der Waals surface area contributed by atoms with Gasteiger partial charge in [-0.3, -0.25) is 9.78 Å². The number of methoxy groups -OCH3 is 1. The zero-order valence-corrected chi connectivity index (χ0v) is 12.8. The van der Waals surface area contributed by atoms with Crippen molar-refractivity contribution in [1.29, 1.82) is 0 Å². The number of carbonyl (C=O) groups is 1. The van der Waals surface area contributed by atoms with E-state index in [4.69, 9.17) is 9.47 Å². The molecule has 0 saturated carbocycles. The second kappa shape index (κ2) is 7.98. The smallest absolute Gasteiger partial charge is 0.312 e. The monoisotopic (exact) mass is 292 g/mol. The van der Waals surface area contributed by atoms with Gasteiger partial charge < -0.3 is 14.4 Å². The number of nitrogens with zero attached hydrogens (tertiary/aromatic N) is 2. The predicted molar refractivity (Wildman–Crippen MR) is 80.1 cm³/mol. The second-order valence-electron chi connectivity index (χ2n) is 5.40. The van der Waals surface area contributed by atoms with Crippen LogP contribution in [0.2, 0.25) is 0 Å². The van der Waals surface area contributed by atoms with Gasteiger partial charge in [0.15, 0.2) is 0 Å². The Labute approximate surface area is 126 Å². The van der Waals surface area contributed by atoms with Crippen molar-refractivity contribution in [3.63, 3.8) is 0 Å². The first-order valence-corrected chi connectivity index (χ1v) is 7.57. The lowest BCUT2D eigenvalue weighted by Gasteiger charge is -2.34. The van der Waals surface area contributed by atoms with Crippen LogP contribution in [-0.4, -0.2) is 49.2 Å². The Balaban J connectivity index is 1.93. The molecule has 0 amide bonds. The molecule has 1 saturated heterocycles. The molecule has 0 spiro atoms. The van der Waals surface area contributed by atoms with E-state index in [0.717, 1.165) is 32.5 Å². The third-order valence-electron chi connectivity index (χ3n) is 4.22. The van der Waals surface area contributed by atoms with Crippen LogP contribution in [0.15, 0.2) is 24.5 Å². The lowest BCUT2D eigenvalue weighted by Crippen LogP contribution is -2.40. The summed E-state index contributed by atoms with van der Waals surface area (Å²) in [5.74, 6) is 0.650. The van der Waals surface area contributed by atoms with Gasteiger partial charge in [0.05, 0.1) is 19.2 Å². The minimum absolute atomic E-state index is 0.172. The summed E-state index contributed by atoms with van der Waals surface area (Å²) < 4.78 is 10.7. The van der Waals surface area contributed by atoms with E-state index >= 15 is 0 Å². The van der Waals surface area contributed by atoms with Gasteiger partial charge in [0.25, 0.3) is 0 Å². The minimum atomic E-state index is -0.200. The molecule has 5 nitrogen and oxygen atoms in total. The number of piperidine rings is 1. The number of rotatable bonds is 6. The standard InChI is InChI=1S/C16H24N2O3/c1-3-18-9-6-13(7-10-18)15(16(19)20-2)12-21-14-5-4-8-17-11-14/h4-5,8,11,13,15H,3,6-7,9-10,12H2,1-2H3. The van der Waals surface area contributed by atoms with Gasteiger partial charge in [0.2, 0.25) is 0 Å². The van der Waals surface area contributed by atoms with Crippen molar-refractivity contribution in [3.8, 4) is 5.75 Å². The fourth-order valence-electron chi connectivity index (χ4n) is 2.84. The third-order valence-corrected chi connectivity index (χ3v) is 4.22. The first-order valence-electron chi connectivity index (χ1n) is 7.57. The number of hydrogen-bond acceptors (Lipinski definition) is 5. The van der Waals surface area contributed by atoms with Crippen LogP contribution < -0.4 is 4.74 Å². The summed E-state index contributed by atoms with van der Waals surface area (Å²) in [5.41, 5.74) is 0. The van der Waals surface area contributed by atoms with Gasteiger partial charge in [-0.2, -0.15) is 0 Å². The van der Waals surface area contributed by atoms with E-state index < -0.39 is 0 Å². The van der Waals surface area contributed by atoms with Gasteiger partial charge in [0, 0.05) is 6.20 Å². The molecule has 21 heavy (non-hydrogen) atoms. The molecule has 1 atom stereocenters. The number of ether oxygens (including phenoxy) is 2. The summed E-state index contributed by atoms with van der Waals surface area (Å²) in [6, 6.07) is 3.67. The minimum Gasteiger partial charge on any atom is -0.491 e. The zero-order chi connectivity index (χ0) is 15.1. The molecule has 0 N–H and O–H groups in total. The van der Waals surface area contributed by atoms with Crippen LogP contribution in [0.25, 0.3) is 0 Å². The Morgan fingerprint density at radius 2 is 2.24 bits per heavy atom. The van der Waals surface area contributed by atoms with Gasteiger partial charge in [-0.25, -0.2) is 0 Å². The van der Waals surface area contributed by atoms with Gasteiger partial charge in [-0.05, 0) is 50.5 Å². The number of hydrogen-bond donors (Lipinski definition) is 0.